The third kappa shape index (κ3) is 3.70. The van der Waals surface area contributed by atoms with Crippen molar-refractivity contribution >= 4 is 21.8 Å². The van der Waals surface area contributed by atoms with Crippen molar-refractivity contribution in [3.63, 3.8) is 0 Å². The average molecular weight is 328 g/mol. The van der Waals surface area contributed by atoms with E-state index in [0.29, 0.717) is 24.5 Å². The lowest BCUT2D eigenvalue weighted by molar-refractivity contribution is 0.0785. The van der Waals surface area contributed by atoms with Crippen LogP contribution in [-0.4, -0.2) is 44.2 Å². The fraction of sp³-hybridized carbons (Fsp3) is 0.500. The number of rotatable bonds is 5. The van der Waals surface area contributed by atoms with E-state index in [0.717, 1.165) is 30.4 Å². The summed E-state index contributed by atoms with van der Waals surface area (Å²) in [7, 11) is 1.63. The largest absolute Gasteiger partial charge is 0.490 e. The molecule has 5 heteroatoms. The Labute approximate surface area is 121 Å². The number of ether oxygens (including phenoxy) is 2. The third-order valence-corrected chi connectivity index (χ3v) is 3.61. The van der Waals surface area contributed by atoms with Crippen molar-refractivity contribution in [3.05, 3.63) is 28.2 Å². The normalized spacial score (nSPS) is 14.7. The number of hydrogen-bond acceptors (Lipinski definition) is 3. The summed E-state index contributed by atoms with van der Waals surface area (Å²) >= 11 is 3.40. The fourth-order valence-electron chi connectivity index (χ4n) is 2.12. The van der Waals surface area contributed by atoms with Crippen LogP contribution in [0.1, 0.15) is 23.2 Å². The molecule has 0 unspecified atom stereocenters. The molecule has 19 heavy (non-hydrogen) atoms. The van der Waals surface area contributed by atoms with Gasteiger partial charge in [-0.2, -0.15) is 0 Å². The van der Waals surface area contributed by atoms with Crippen LogP contribution in [0.5, 0.6) is 5.75 Å². The lowest BCUT2D eigenvalue weighted by atomic mass is 10.2. The Morgan fingerprint density at radius 2 is 2.05 bits per heavy atom. The summed E-state index contributed by atoms with van der Waals surface area (Å²) in [5.41, 5.74) is 0.626. The second-order valence-electron chi connectivity index (χ2n) is 4.48. The summed E-state index contributed by atoms with van der Waals surface area (Å²) in [6.45, 7) is 2.62. The molecule has 0 saturated carbocycles. The van der Waals surface area contributed by atoms with Gasteiger partial charge in [-0.05, 0) is 31.0 Å². The van der Waals surface area contributed by atoms with Crippen molar-refractivity contribution in [1.82, 2.24) is 4.90 Å². The predicted octanol–water partition coefficient (Wildman–Crippen LogP) is 2.71. The average Bonchev–Trinajstić information content (AvgIpc) is 2.92. The van der Waals surface area contributed by atoms with E-state index in [1.807, 2.05) is 23.1 Å². The molecule has 2 rings (SSSR count). The predicted molar refractivity (Wildman–Crippen MR) is 76.7 cm³/mol. The first-order valence-corrected chi connectivity index (χ1v) is 7.22. The monoisotopic (exact) mass is 327 g/mol. The maximum Gasteiger partial charge on any atom is 0.257 e. The van der Waals surface area contributed by atoms with Crippen LogP contribution in [0.3, 0.4) is 0 Å². The zero-order chi connectivity index (χ0) is 13.7. The minimum atomic E-state index is 0.0532. The Kier molecular flexibility index (Phi) is 5.22. The van der Waals surface area contributed by atoms with Gasteiger partial charge in [0, 0.05) is 24.7 Å². The van der Waals surface area contributed by atoms with E-state index in [1.54, 1.807) is 7.11 Å². The summed E-state index contributed by atoms with van der Waals surface area (Å²) < 4.78 is 11.5. The van der Waals surface area contributed by atoms with Crippen LogP contribution in [0.2, 0.25) is 0 Å². The van der Waals surface area contributed by atoms with E-state index in [-0.39, 0.29) is 5.91 Å². The van der Waals surface area contributed by atoms with Crippen molar-refractivity contribution in [1.29, 1.82) is 0 Å². The zero-order valence-corrected chi connectivity index (χ0v) is 12.6. The molecule has 0 radical (unpaired) electrons. The van der Waals surface area contributed by atoms with Gasteiger partial charge in [-0.25, -0.2) is 0 Å². The number of methoxy groups -OCH3 is 1. The first-order valence-electron chi connectivity index (χ1n) is 6.43. The van der Waals surface area contributed by atoms with Gasteiger partial charge in [0.2, 0.25) is 0 Å². The Morgan fingerprint density at radius 1 is 1.32 bits per heavy atom. The Morgan fingerprint density at radius 3 is 2.74 bits per heavy atom. The maximum atomic E-state index is 12.4. The molecule has 0 bridgehead atoms. The quantitative estimate of drug-likeness (QED) is 0.780. The van der Waals surface area contributed by atoms with E-state index in [9.17, 15) is 4.79 Å². The van der Waals surface area contributed by atoms with Crippen LogP contribution in [0.25, 0.3) is 0 Å². The molecule has 1 aliphatic heterocycles. The number of benzene rings is 1. The highest BCUT2D eigenvalue weighted by Crippen LogP contribution is 2.26. The number of hydrogen-bond donors (Lipinski definition) is 0. The maximum absolute atomic E-state index is 12.4. The van der Waals surface area contributed by atoms with Crippen LogP contribution in [0, 0.1) is 0 Å². The summed E-state index contributed by atoms with van der Waals surface area (Å²) in [6, 6.07) is 5.51. The zero-order valence-electron chi connectivity index (χ0n) is 11.0. The molecule has 1 aromatic carbocycles. The van der Waals surface area contributed by atoms with Crippen LogP contribution in [-0.2, 0) is 4.74 Å². The molecule has 0 atom stereocenters. The van der Waals surface area contributed by atoms with Gasteiger partial charge in [0.25, 0.3) is 5.91 Å². The van der Waals surface area contributed by atoms with Crippen LogP contribution < -0.4 is 4.74 Å². The molecular formula is C14H18BrNO3. The highest BCUT2D eigenvalue weighted by Gasteiger charge is 2.22. The van der Waals surface area contributed by atoms with Gasteiger partial charge in [-0.3, -0.25) is 4.79 Å². The third-order valence-electron chi connectivity index (χ3n) is 3.11. The highest BCUT2D eigenvalue weighted by atomic mass is 79.9. The topological polar surface area (TPSA) is 38.8 Å². The van der Waals surface area contributed by atoms with Gasteiger partial charge in [-0.15, -0.1) is 0 Å². The smallest absolute Gasteiger partial charge is 0.257 e. The summed E-state index contributed by atoms with van der Waals surface area (Å²) in [6.07, 6.45) is 2.17. The molecule has 104 valence electrons. The molecule has 1 amide bonds. The van der Waals surface area contributed by atoms with Crippen molar-refractivity contribution < 1.29 is 14.3 Å². The summed E-state index contributed by atoms with van der Waals surface area (Å²) in [4.78, 5) is 14.3. The molecule has 1 aliphatic rings. The van der Waals surface area contributed by atoms with E-state index >= 15 is 0 Å². The molecular weight excluding hydrogens is 310 g/mol. The second kappa shape index (κ2) is 6.91. The number of carbonyl (C=O) groups is 1. The number of amides is 1. The molecule has 4 nitrogen and oxygen atoms in total. The molecule has 1 aromatic rings. The molecule has 1 saturated heterocycles. The first kappa shape index (κ1) is 14.3. The number of nitrogens with zero attached hydrogens (tertiary/aromatic N) is 1. The van der Waals surface area contributed by atoms with Crippen LogP contribution in [0.4, 0.5) is 0 Å². The molecule has 0 spiro atoms. The van der Waals surface area contributed by atoms with Gasteiger partial charge in [-0.1, -0.05) is 15.9 Å². The van der Waals surface area contributed by atoms with Crippen LogP contribution in [0.15, 0.2) is 22.7 Å². The van der Waals surface area contributed by atoms with E-state index in [4.69, 9.17) is 9.47 Å². The Bertz CT molecular complexity index is 444. The standard InChI is InChI=1S/C14H18BrNO3/c1-18-8-9-19-13-10-11(15)4-5-12(13)14(17)16-6-2-3-7-16/h4-5,10H,2-3,6-9H2,1H3. The van der Waals surface area contributed by atoms with E-state index in [1.165, 1.54) is 0 Å². The lowest BCUT2D eigenvalue weighted by Crippen LogP contribution is -2.28. The minimum Gasteiger partial charge on any atom is -0.490 e. The number of likely N-dealkylation sites (tertiary alicyclic amines) is 1. The van der Waals surface area contributed by atoms with Gasteiger partial charge in [0.1, 0.15) is 12.4 Å². The Hall–Kier alpha value is -1.07. The van der Waals surface area contributed by atoms with Crippen LogP contribution >= 0.6 is 15.9 Å². The molecule has 1 heterocycles. The van der Waals surface area contributed by atoms with E-state index < -0.39 is 0 Å². The molecule has 1 fully saturated rings. The molecule has 0 aromatic heterocycles. The summed E-state index contributed by atoms with van der Waals surface area (Å²) in [5.74, 6) is 0.667. The van der Waals surface area contributed by atoms with E-state index in [2.05, 4.69) is 15.9 Å². The van der Waals surface area contributed by atoms with Crippen molar-refractivity contribution in [2.45, 2.75) is 12.8 Å². The SMILES string of the molecule is COCCOc1cc(Br)ccc1C(=O)N1CCCC1. The molecule has 0 aliphatic carbocycles. The Balaban J connectivity index is 2.15. The highest BCUT2D eigenvalue weighted by molar-refractivity contribution is 9.10. The summed E-state index contributed by atoms with van der Waals surface area (Å²) in [5, 5.41) is 0. The second-order valence-corrected chi connectivity index (χ2v) is 5.40. The fourth-order valence-corrected chi connectivity index (χ4v) is 2.46. The van der Waals surface area contributed by atoms with Gasteiger partial charge in [0.05, 0.1) is 12.2 Å². The van der Waals surface area contributed by atoms with Crippen molar-refractivity contribution in [2.24, 2.45) is 0 Å². The van der Waals surface area contributed by atoms with Gasteiger partial charge < -0.3 is 14.4 Å². The number of carbonyl (C=O) groups excluding carboxylic acids is 1. The van der Waals surface area contributed by atoms with Crippen molar-refractivity contribution in [2.75, 3.05) is 33.4 Å². The van der Waals surface area contributed by atoms with Gasteiger partial charge >= 0.3 is 0 Å². The minimum absolute atomic E-state index is 0.0532. The lowest BCUT2D eigenvalue weighted by Gasteiger charge is -2.18. The van der Waals surface area contributed by atoms with Gasteiger partial charge in [0.15, 0.2) is 0 Å². The number of halogens is 1. The first-order chi connectivity index (χ1) is 9.22. The van der Waals surface area contributed by atoms with Crippen molar-refractivity contribution in [3.8, 4) is 5.75 Å². The molecule has 0 N–H and O–H groups in total.